The SMILES string of the molecule is CCC1CCCCC1(CN)N(C)CCc1ccccc1. The highest BCUT2D eigenvalue weighted by atomic mass is 15.2. The molecule has 112 valence electrons. The fourth-order valence-electron chi connectivity index (χ4n) is 3.97. The highest BCUT2D eigenvalue weighted by Gasteiger charge is 2.41. The molecule has 2 heteroatoms. The van der Waals surface area contributed by atoms with E-state index in [1.165, 1.54) is 37.7 Å². The van der Waals surface area contributed by atoms with Crippen LogP contribution in [0.2, 0.25) is 0 Å². The van der Waals surface area contributed by atoms with Gasteiger partial charge in [-0.3, -0.25) is 4.90 Å². The van der Waals surface area contributed by atoms with Crippen molar-refractivity contribution in [1.82, 2.24) is 4.90 Å². The van der Waals surface area contributed by atoms with Gasteiger partial charge in [-0.15, -0.1) is 0 Å². The Labute approximate surface area is 124 Å². The van der Waals surface area contributed by atoms with E-state index >= 15 is 0 Å². The van der Waals surface area contributed by atoms with E-state index in [0.29, 0.717) is 0 Å². The van der Waals surface area contributed by atoms with Gasteiger partial charge in [0.25, 0.3) is 0 Å². The highest BCUT2D eigenvalue weighted by molar-refractivity contribution is 5.15. The van der Waals surface area contributed by atoms with E-state index in [2.05, 4.69) is 49.2 Å². The van der Waals surface area contributed by atoms with Gasteiger partial charge in [0, 0.05) is 18.6 Å². The molecule has 1 aliphatic rings. The maximum Gasteiger partial charge on any atom is 0.0356 e. The van der Waals surface area contributed by atoms with Gasteiger partial charge in [-0.05, 0) is 37.8 Å². The number of benzene rings is 1. The van der Waals surface area contributed by atoms with Gasteiger partial charge in [0.15, 0.2) is 0 Å². The Morgan fingerprint density at radius 2 is 2.00 bits per heavy atom. The van der Waals surface area contributed by atoms with Crippen molar-refractivity contribution in [2.45, 2.75) is 51.0 Å². The first-order chi connectivity index (χ1) is 9.73. The summed E-state index contributed by atoms with van der Waals surface area (Å²) < 4.78 is 0. The Bertz CT molecular complexity index is 390. The second-order valence-corrected chi connectivity index (χ2v) is 6.32. The third-order valence-corrected chi connectivity index (χ3v) is 5.36. The van der Waals surface area contributed by atoms with Gasteiger partial charge in [0.1, 0.15) is 0 Å². The Hall–Kier alpha value is -0.860. The molecule has 0 spiro atoms. The van der Waals surface area contributed by atoms with E-state index in [9.17, 15) is 0 Å². The van der Waals surface area contributed by atoms with Crippen LogP contribution in [0.25, 0.3) is 0 Å². The first kappa shape index (κ1) is 15.5. The molecule has 1 aromatic carbocycles. The van der Waals surface area contributed by atoms with Crippen molar-refractivity contribution < 1.29 is 0 Å². The summed E-state index contributed by atoms with van der Waals surface area (Å²) in [6.07, 6.45) is 7.72. The van der Waals surface area contributed by atoms with Gasteiger partial charge in [-0.25, -0.2) is 0 Å². The fourth-order valence-corrected chi connectivity index (χ4v) is 3.97. The zero-order valence-electron chi connectivity index (χ0n) is 13.1. The van der Waals surface area contributed by atoms with Crippen molar-refractivity contribution in [3.63, 3.8) is 0 Å². The average Bonchev–Trinajstić information content (AvgIpc) is 2.53. The Kier molecular flexibility index (Phi) is 5.62. The van der Waals surface area contributed by atoms with E-state index in [0.717, 1.165) is 25.4 Å². The second-order valence-electron chi connectivity index (χ2n) is 6.32. The molecule has 0 amide bonds. The van der Waals surface area contributed by atoms with Crippen LogP contribution >= 0.6 is 0 Å². The first-order valence-corrected chi connectivity index (χ1v) is 8.18. The van der Waals surface area contributed by atoms with Gasteiger partial charge in [-0.1, -0.05) is 56.5 Å². The van der Waals surface area contributed by atoms with E-state index in [1.807, 2.05) is 0 Å². The number of likely N-dealkylation sites (N-methyl/N-ethyl adjacent to an activating group) is 1. The summed E-state index contributed by atoms with van der Waals surface area (Å²) in [6, 6.07) is 10.8. The molecule has 0 aromatic heterocycles. The minimum absolute atomic E-state index is 0.238. The lowest BCUT2D eigenvalue weighted by molar-refractivity contribution is 0.0242. The summed E-state index contributed by atoms with van der Waals surface area (Å²) in [5, 5.41) is 0. The Morgan fingerprint density at radius 1 is 1.25 bits per heavy atom. The van der Waals surface area contributed by atoms with Crippen molar-refractivity contribution in [3.8, 4) is 0 Å². The topological polar surface area (TPSA) is 29.3 Å². The molecule has 1 aliphatic carbocycles. The molecule has 1 aromatic rings. The predicted molar refractivity (Wildman–Crippen MR) is 86.8 cm³/mol. The van der Waals surface area contributed by atoms with Crippen LogP contribution < -0.4 is 5.73 Å². The summed E-state index contributed by atoms with van der Waals surface area (Å²) in [7, 11) is 2.28. The standard InChI is InChI=1S/C18H30N2/c1-3-17-11-7-8-13-18(17,15-19)20(2)14-12-16-9-5-4-6-10-16/h4-6,9-10,17H,3,7-8,11-15,19H2,1-2H3. The average molecular weight is 274 g/mol. The Morgan fingerprint density at radius 3 is 2.65 bits per heavy atom. The third-order valence-electron chi connectivity index (χ3n) is 5.36. The van der Waals surface area contributed by atoms with Gasteiger partial charge >= 0.3 is 0 Å². The van der Waals surface area contributed by atoms with Crippen molar-refractivity contribution in [1.29, 1.82) is 0 Å². The first-order valence-electron chi connectivity index (χ1n) is 8.18. The predicted octanol–water partition coefficient (Wildman–Crippen LogP) is 3.46. The zero-order chi connectivity index (χ0) is 14.4. The van der Waals surface area contributed by atoms with Crippen molar-refractivity contribution in [2.75, 3.05) is 20.1 Å². The minimum Gasteiger partial charge on any atom is -0.329 e. The molecule has 1 saturated carbocycles. The molecular weight excluding hydrogens is 244 g/mol. The molecule has 2 rings (SSSR count). The molecule has 0 heterocycles. The summed E-state index contributed by atoms with van der Waals surface area (Å²) in [6.45, 7) is 4.24. The molecule has 1 fully saturated rings. The van der Waals surface area contributed by atoms with E-state index in [-0.39, 0.29) is 5.54 Å². The van der Waals surface area contributed by atoms with Crippen LogP contribution in [-0.4, -0.2) is 30.6 Å². The number of hydrogen-bond donors (Lipinski definition) is 1. The lowest BCUT2D eigenvalue weighted by Gasteiger charge is -2.49. The maximum absolute atomic E-state index is 6.23. The monoisotopic (exact) mass is 274 g/mol. The molecule has 0 bridgehead atoms. The van der Waals surface area contributed by atoms with E-state index < -0.39 is 0 Å². The van der Waals surface area contributed by atoms with Crippen LogP contribution in [0.4, 0.5) is 0 Å². The highest BCUT2D eigenvalue weighted by Crippen LogP contribution is 2.39. The summed E-state index contributed by atoms with van der Waals surface area (Å²) in [5.41, 5.74) is 7.90. The van der Waals surface area contributed by atoms with E-state index in [4.69, 9.17) is 5.73 Å². The Balaban J connectivity index is 2.02. The van der Waals surface area contributed by atoms with Gasteiger partial charge in [-0.2, -0.15) is 0 Å². The number of nitrogens with zero attached hydrogens (tertiary/aromatic N) is 1. The molecule has 2 atom stereocenters. The van der Waals surface area contributed by atoms with Crippen molar-refractivity contribution >= 4 is 0 Å². The minimum atomic E-state index is 0.238. The second kappa shape index (κ2) is 7.24. The molecule has 20 heavy (non-hydrogen) atoms. The number of rotatable bonds is 6. The van der Waals surface area contributed by atoms with Gasteiger partial charge in [0.05, 0.1) is 0 Å². The molecule has 2 nitrogen and oxygen atoms in total. The van der Waals surface area contributed by atoms with Crippen LogP contribution in [0.1, 0.15) is 44.6 Å². The van der Waals surface area contributed by atoms with Gasteiger partial charge in [0.2, 0.25) is 0 Å². The fraction of sp³-hybridized carbons (Fsp3) is 0.667. The molecule has 0 radical (unpaired) electrons. The largest absolute Gasteiger partial charge is 0.329 e. The summed E-state index contributed by atoms with van der Waals surface area (Å²) in [5.74, 6) is 0.766. The molecule has 0 aliphatic heterocycles. The smallest absolute Gasteiger partial charge is 0.0356 e. The number of hydrogen-bond acceptors (Lipinski definition) is 2. The van der Waals surface area contributed by atoms with Crippen LogP contribution in [0.3, 0.4) is 0 Å². The van der Waals surface area contributed by atoms with Crippen LogP contribution in [-0.2, 0) is 6.42 Å². The third kappa shape index (κ3) is 3.24. The lowest BCUT2D eigenvalue weighted by Crippen LogP contribution is -2.58. The molecular formula is C18H30N2. The van der Waals surface area contributed by atoms with Crippen LogP contribution in [0, 0.1) is 5.92 Å². The zero-order valence-corrected chi connectivity index (χ0v) is 13.1. The van der Waals surface area contributed by atoms with Crippen molar-refractivity contribution in [3.05, 3.63) is 35.9 Å². The molecule has 2 N–H and O–H groups in total. The normalized spacial score (nSPS) is 26.9. The lowest BCUT2D eigenvalue weighted by atomic mass is 9.70. The number of nitrogens with two attached hydrogens (primary N) is 1. The quantitative estimate of drug-likeness (QED) is 0.861. The van der Waals surface area contributed by atoms with E-state index in [1.54, 1.807) is 0 Å². The van der Waals surface area contributed by atoms with Crippen LogP contribution in [0.15, 0.2) is 30.3 Å². The molecule has 0 saturated heterocycles. The van der Waals surface area contributed by atoms with Crippen LogP contribution in [0.5, 0.6) is 0 Å². The van der Waals surface area contributed by atoms with Gasteiger partial charge < -0.3 is 5.73 Å². The summed E-state index contributed by atoms with van der Waals surface area (Å²) >= 11 is 0. The van der Waals surface area contributed by atoms with Crippen molar-refractivity contribution in [2.24, 2.45) is 11.7 Å². The maximum atomic E-state index is 6.23. The summed E-state index contributed by atoms with van der Waals surface area (Å²) in [4.78, 5) is 2.56. The molecule has 2 unspecified atom stereocenters.